The van der Waals surface area contributed by atoms with Crippen molar-refractivity contribution in [2.75, 3.05) is 6.54 Å². The molecule has 96 valence electrons. The van der Waals surface area contributed by atoms with Gasteiger partial charge in [-0.1, -0.05) is 6.07 Å². The van der Waals surface area contributed by atoms with Crippen LogP contribution in [0, 0.1) is 12.7 Å². The molecule has 1 N–H and O–H groups in total. The normalized spacial score (nSPS) is 10.8. The molecule has 0 fully saturated rings. The van der Waals surface area contributed by atoms with E-state index in [1.807, 2.05) is 19.1 Å². The molecule has 1 heterocycles. The van der Waals surface area contributed by atoms with Crippen molar-refractivity contribution in [3.8, 4) is 0 Å². The van der Waals surface area contributed by atoms with Gasteiger partial charge in [-0.2, -0.15) is 0 Å². The Kier molecular flexibility index (Phi) is 4.39. The molecule has 0 aliphatic carbocycles. The van der Waals surface area contributed by atoms with Crippen molar-refractivity contribution in [3.63, 3.8) is 0 Å². The topological polar surface area (TPSA) is 25.2 Å². The van der Waals surface area contributed by atoms with Crippen molar-refractivity contribution in [1.82, 2.24) is 5.32 Å². The number of rotatable bonds is 5. The molecule has 0 saturated heterocycles. The number of furan rings is 1. The van der Waals surface area contributed by atoms with Gasteiger partial charge in [0.05, 0.1) is 6.54 Å². The van der Waals surface area contributed by atoms with E-state index >= 15 is 0 Å². The van der Waals surface area contributed by atoms with Crippen LogP contribution >= 0.6 is 11.6 Å². The predicted molar refractivity (Wildman–Crippen MR) is 70.3 cm³/mol. The highest BCUT2D eigenvalue weighted by Gasteiger charge is 2.01. The highest BCUT2D eigenvalue weighted by molar-refractivity contribution is 6.28. The molecule has 0 radical (unpaired) electrons. The monoisotopic (exact) mass is 267 g/mol. The van der Waals surface area contributed by atoms with E-state index in [4.69, 9.17) is 16.0 Å². The molecule has 0 bridgehead atoms. The van der Waals surface area contributed by atoms with Crippen LogP contribution in [0.4, 0.5) is 4.39 Å². The lowest BCUT2D eigenvalue weighted by atomic mass is 10.1. The lowest BCUT2D eigenvalue weighted by molar-refractivity contribution is 0.485. The number of hydrogen-bond acceptors (Lipinski definition) is 2. The zero-order chi connectivity index (χ0) is 13.0. The zero-order valence-corrected chi connectivity index (χ0v) is 10.9. The summed E-state index contributed by atoms with van der Waals surface area (Å²) < 4.78 is 18.1. The second-order valence-corrected chi connectivity index (χ2v) is 4.58. The van der Waals surface area contributed by atoms with Gasteiger partial charge < -0.3 is 9.73 Å². The van der Waals surface area contributed by atoms with Gasteiger partial charge in [0.15, 0.2) is 5.22 Å². The van der Waals surface area contributed by atoms with Crippen molar-refractivity contribution in [3.05, 3.63) is 58.3 Å². The minimum absolute atomic E-state index is 0.186. The Labute approximate surface area is 111 Å². The Bertz CT molecular complexity index is 524. The summed E-state index contributed by atoms with van der Waals surface area (Å²) in [6, 6.07) is 8.45. The SMILES string of the molecule is Cc1cc(F)ccc1CCNCc1ccc(Cl)o1. The Hall–Kier alpha value is -1.32. The predicted octanol–water partition coefficient (Wildman–Crippen LogP) is 3.71. The molecule has 1 aromatic heterocycles. The summed E-state index contributed by atoms with van der Waals surface area (Å²) in [6.07, 6.45) is 0.862. The number of nitrogens with one attached hydrogen (secondary N) is 1. The fraction of sp³-hybridized carbons (Fsp3) is 0.286. The van der Waals surface area contributed by atoms with Crippen molar-refractivity contribution in [1.29, 1.82) is 0 Å². The maximum absolute atomic E-state index is 12.9. The van der Waals surface area contributed by atoms with Gasteiger partial charge in [0.25, 0.3) is 0 Å². The van der Waals surface area contributed by atoms with E-state index in [9.17, 15) is 4.39 Å². The molecule has 0 amide bonds. The third kappa shape index (κ3) is 3.59. The van der Waals surface area contributed by atoms with Crippen LogP contribution in [0.2, 0.25) is 5.22 Å². The van der Waals surface area contributed by atoms with E-state index in [1.165, 1.54) is 6.07 Å². The Balaban J connectivity index is 1.78. The van der Waals surface area contributed by atoms with E-state index in [0.29, 0.717) is 11.8 Å². The largest absolute Gasteiger partial charge is 0.448 e. The second-order valence-electron chi connectivity index (χ2n) is 4.20. The average molecular weight is 268 g/mol. The molecular formula is C14H15ClFNO. The van der Waals surface area contributed by atoms with Crippen LogP contribution in [0.5, 0.6) is 0 Å². The lowest BCUT2D eigenvalue weighted by Crippen LogP contribution is -2.16. The van der Waals surface area contributed by atoms with Gasteiger partial charge in [0.1, 0.15) is 11.6 Å². The summed E-state index contributed by atoms with van der Waals surface area (Å²) in [7, 11) is 0. The summed E-state index contributed by atoms with van der Waals surface area (Å²) in [5.41, 5.74) is 2.14. The van der Waals surface area contributed by atoms with E-state index in [1.54, 1.807) is 12.1 Å². The Morgan fingerprint density at radius 3 is 2.78 bits per heavy atom. The molecular weight excluding hydrogens is 253 g/mol. The molecule has 2 nitrogen and oxygen atoms in total. The van der Waals surface area contributed by atoms with Gasteiger partial charge in [-0.3, -0.25) is 0 Å². The van der Waals surface area contributed by atoms with Gasteiger partial charge in [0.2, 0.25) is 0 Å². The smallest absolute Gasteiger partial charge is 0.193 e. The molecule has 0 aliphatic heterocycles. The van der Waals surface area contributed by atoms with Gasteiger partial charge in [0, 0.05) is 0 Å². The van der Waals surface area contributed by atoms with E-state index in [-0.39, 0.29) is 5.82 Å². The van der Waals surface area contributed by atoms with Crippen molar-refractivity contribution >= 4 is 11.6 Å². The van der Waals surface area contributed by atoms with Crippen LogP contribution in [-0.4, -0.2) is 6.54 Å². The molecule has 1 aromatic carbocycles. The highest BCUT2D eigenvalue weighted by Crippen LogP contribution is 2.13. The minimum atomic E-state index is -0.186. The third-order valence-electron chi connectivity index (χ3n) is 2.80. The quantitative estimate of drug-likeness (QED) is 0.836. The van der Waals surface area contributed by atoms with E-state index < -0.39 is 0 Å². The van der Waals surface area contributed by atoms with E-state index in [2.05, 4.69) is 5.32 Å². The first-order chi connectivity index (χ1) is 8.65. The fourth-order valence-corrected chi connectivity index (χ4v) is 1.98. The highest BCUT2D eigenvalue weighted by atomic mass is 35.5. The molecule has 2 rings (SSSR count). The molecule has 0 saturated carbocycles. The zero-order valence-electron chi connectivity index (χ0n) is 10.2. The van der Waals surface area contributed by atoms with Crippen LogP contribution in [-0.2, 0) is 13.0 Å². The maximum Gasteiger partial charge on any atom is 0.193 e. The van der Waals surface area contributed by atoms with Crippen LogP contribution in [0.25, 0.3) is 0 Å². The molecule has 0 spiro atoms. The fourth-order valence-electron chi connectivity index (χ4n) is 1.82. The Morgan fingerprint density at radius 2 is 2.11 bits per heavy atom. The van der Waals surface area contributed by atoms with Crippen molar-refractivity contribution in [2.45, 2.75) is 19.9 Å². The van der Waals surface area contributed by atoms with Crippen molar-refractivity contribution in [2.24, 2.45) is 0 Å². The summed E-state index contributed by atoms with van der Waals surface area (Å²) >= 11 is 5.67. The van der Waals surface area contributed by atoms with Gasteiger partial charge in [-0.05, 0) is 66.9 Å². The van der Waals surface area contributed by atoms with Gasteiger partial charge in [-0.25, -0.2) is 4.39 Å². The van der Waals surface area contributed by atoms with Crippen molar-refractivity contribution < 1.29 is 8.81 Å². The summed E-state index contributed by atoms with van der Waals surface area (Å²) in [6.45, 7) is 3.38. The molecule has 2 aromatic rings. The third-order valence-corrected chi connectivity index (χ3v) is 3.01. The molecule has 0 aliphatic rings. The van der Waals surface area contributed by atoms with Gasteiger partial charge in [-0.15, -0.1) is 0 Å². The summed E-state index contributed by atoms with van der Waals surface area (Å²) in [5.74, 6) is 0.630. The first-order valence-electron chi connectivity index (χ1n) is 5.85. The Morgan fingerprint density at radius 1 is 1.28 bits per heavy atom. The standard InChI is InChI=1S/C14H15ClFNO/c1-10-8-12(16)3-2-11(10)6-7-17-9-13-4-5-14(15)18-13/h2-5,8,17H,6-7,9H2,1H3. The number of aryl methyl sites for hydroxylation is 1. The number of benzene rings is 1. The molecule has 4 heteroatoms. The van der Waals surface area contributed by atoms with Crippen LogP contribution in [0.15, 0.2) is 34.7 Å². The second kappa shape index (κ2) is 6.03. The van der Waals surface area contributed by atoms with Crippen LogP contribution < -0.4 is 5.32 Å². The summed E-state index contributed by atoms with van der Waals surface area (Å²) in [4.78, 5) is 0. The number of hydrogen-bond donors (Lipinski definition) is 1. The average Bonchev–Trinajstić information content (AvgIpc) is 2.73. The molecule has 18 heavy (non-hydrogen) atoms. The van der Waals surface area contributed by atoms with E-state index in [0.717, 1.165) is 29.9 Å². The number of halogens is 2. The first-order valence-corrected chi connectivity index (χ1v) is 6.23. The maximum atomic E-state index is 12.9. The minimum Gasteiger partial charge on any atom is -0.448 e. The molecule has 0 unspecified atom stereocenters. The van der Waals surface area contributed by atoms with Gasteiger partial charge >= 0.3 is 0 Å². The van der Waals surface area contributed by atoms with Crippen LogP contribution in [0.3, 0.4) is 0 Å². The molecule has 0 atom stereocenters. The van der Waals surface area contributed by atoms with Crippen LogP contribution in [0.1, 0.15) is 16.9 Å². The first kappa shape index (κ1) is 13.1. The lowest BCUT2D eigenvalue weighted by Gasteiger charge is -2.06. The summed E-state index contributed by atoms with van der Waals surface area (Å²) in [5, 5.41) is 3.66.